The largest absolute Gasteiger partial charge is 0.399 e. The molecule has 3 heteroatoms. The zero-order chi connectivity index (χ0) is 11.7. The molecule has 1 saturated heterocycles. The summed E-state index contributed by atoms with van der Waals surface area (Å²) in [6.45, 7) is 4.20. The van der Waals surface area contributed by atoms with Gasteiger partial charge in [-0.25, -0.2) is 0 Å². The van der Waals surface area contributed by atoms with Gasteiger partial charge in [-0.05, 0) is 42.5 Å². The quantitative estimate of drug-likeness (QED) is 0.790. The van der Waals surface area contributed by atoms with E-state index in [1.54, 1.807) is 0 Å². The number of nitrogens with two attached hydrogens (primary N) is 1. The molecule has 1 unspecified atom stereocenters. The number of nitrogen functional groups attached to an aromatic ring is 1. The fraction of sp³-hybridized carbons (Fsp3) is 0.571. The highest BCUT2D eigenvalue weighted by Crippen LogP contribution is 2.23. The second kappa shape index (κ2) is 4.67. The van der Waals surface area contributed by atoms with E-state index in [4.69, 9.17) is 10.5 Å². The molecule has 1 aromatic rings. The highest BCUT2D eigenvalue weighted by molar-refractivity contribution is 5.45. The average molecular weight is 232 g/mol. The molecule has 0 spiro atoms. The van der Waals surface area contributed by atoms with Crippen molar-refractivity contribution in [3.8, 4) is 0 Å². The molecule has 0 aromatic heterocycles. The Hall–Kier alpha value is -1.06. The lowest BCUT2D eigenvalue weighted by Gasteiger charge is -2.30. The van der Waals surface area contributed by atoms with Crippen LogP contribution in [0.5, 0.6) is 0 Å². The van der Waals surface area contributed by atoms with E-state index in [1.165, 1.54) is 24.0 Å². The smallest absolute Gasteiger partial charge is 0.0702 e. The summed E-state index contributed by atoms with van der Waals surface area (Å²) in [5.41, 5.74) is 9.58. The maximum atomic E-state index is 5.85. The third-order valence-corrected chi connectivity index (χ3v) is 3.81. The fourth-order valence-electron chi connectivity index (χ4n) is 2.87. The molecule has 2 heterocycles. The Bertz CT molecular complexity index is 399. The second-order valence-electron chi connectivity index (χ2n) is 5.15. The maximum Gasteiger partial charge on any atom is 0.0702 e. The van der Waals surface area contributed by atoms with Gasteiger partial charge in [0, 0.05) is 31.9 Å². The van der Waals surface area contributed by atoms with Crippen LogP contribution in [-0.2, 0) is 17.7 Å². The van der Waals surface area contributed by atoms with Crippen molar-refractivity contribution in [2.45, 2.75) is 31.9 Å². The van der Waals surface area contributed by atoms with Crippen molar-refractivity contribution < 1.29 is 4.74 Å². The van der Waals surface area contributed by atoms with Gasteiger partial charge in [0.15, 0.2) is 0 Å². The van der Waals surface area contributed by atoms with Gasteiger partial charge in [-0.3, -0.25) is 4.90 Å². The Morgan fingerprint density at radius 2 is 2.29 bits per heavy atom. The van der Waals surface area contributed by atoms with Crippen LogP contribution in [0.4, 0.5) is 5.69 Å². The van der Waals surface area contributed by atoms with Gasteiger partial charge < -0.3 is 10.5 Å². The third kappa shape index (κ3) is 2.45. The Kier molecular flexibility index (Phi) is 3.04. The predicted molar refractivity (Wildman–Crippen MR) is 68.8 cm³/mol. The number of benzene rings is 1. The summed E-state index contributed by atoms with van der Waals surface area (Å²) in [5, 5.41) is 0. The molecule has 17 heavy (non-hydrogen) atoms. The molecule has 3 rings (SSSR count). The minimum atomic E-state index is 0.456. The van der Waals surface area contributed by atoms with Gasteiger partial charge in [0.25, 0.3) is 0 Å². The van der Waals surface area contributed by atoms with Crippen molar-refractivity contribution in [3.05, 3.63) is 29.3 Å². The number of hydrogen-bond donors (Lipinski definition) is 1. The normalized spacial score (nSPS) is 24.8. The van der Waals surface area contributed by atoms with Crippen molar-refractivity contribution in [2.75, 3.05) is 25.4 Å². The van der Waals surface area contributed by atoms with Crippen molar-refractivity contribution in [2.24, 2.45) is 0 Å². The first-order chi connectivity index (χ1) is 8.31. The molecule has 0 aliphatic carbocycles. The molecule has 0 amide bonds. The summed E-state index contributed by atoms with van der Waals surface area (Å²) in [7, 11) is 0. The number of ether oxygens (including phenoxy) is 1. The topological polar surface area (TPSA) is 38.5 Å². The van der Waals surface area contributed by atoms with Crippen LogP contribution in [0.3, 0.4) is 0 Å². The Labute approximate surface area is 103 Å². The first-order valence-electron chi connectivity index (χ1n) is 6.52. The average Bonchev–Trinajstić information content (AvgIpc) is 2.81. The molecule has 2 N–H and O–H groups in total. The minimum Gasteiger partial charge on any atom is -0.399 e. The van der Waals surface area contributed by atoms with Crippen LogP contribution in [0.1, 0.15) is 24.0 Å². The first kappa shape index (κ1) is 11.1. The van der Waals surface area contributed by atoms with Gasteiger partial charge in [0.1, 0.15) is 0 Å². The summed E-state index contributed by atoms with van der Waals surface area (Å²) >= 11 is 0. The monoisotopic (exact) mass is 232 g/mol. The molecular weight excluding hydrogens is 212 g/mol. The SMILES string of the molecule is Nc1ccc2c(c1)CN(CC1CCCO1)CC2. The summed E-state index contributed by atoms with van der Waals surface area (Å²) in [5.74, 6) is 0. The first-order valence-corrected chi connectivity index (χ1v) is 6.52. The predicted octanol–water partition coefficient (Wildman–Crippen LogP) is 1.81. The van der Waals surface area contributed by atoms with E-state index in [9.17, 15) is 0 Å². The van der Waals surface area contributed by atoms with E-state index in [2.05, 4.69) is 17.0 Å². The van der Waals surface area contributed by atoms with E-state index in [0.29, 0.717) is 6.10 Å². The maximum absolute atomic E-state index is 5.85. The molecule has 1 aromatic carbocycles. The summed E-state index contributed by atoms with van der Waals surface area (Å²) < 4.78 is 5.70. The Morgan fingerprint density at radius 3 is 3.12 bits per heavy atom. The molecular formula is C14H20N2O. The summed E-state index contributed by atoms with van der Waals surface area (Å²) in [4.78, 5) is 2.50. The lowest BCUT2D eigenvalue weighted by molar-refractivity contribution is 0.0688. The van der Waals surface area contributed by atoms with Gasteiger partial charge in [0.2, 0.25) is 0 Å². The van der Waals surface area contributed by atoms with Crippen LogP contribution >= 0.6 is 0 Å². The molecule has 2 aliphatic heterocycles. The van der Waals surface area contributed by atoms with E-state index in [-0.39, 0.29) is 0 Å². The Balaban J connectivity index is 1.67. The molecule has 0 bridgehead atoms. The highest BCUT2D eigenvalue weighted by atomic mass is 16.5. The van der Waals surface area contributed by atoms with Crippen LogP contribution < -0.4 is 5.73 Å². The molecule has 0 saturated carbocycles. The van der Waals surface area contributed by atoms with Gasteiger partial charge in [-0.15, -0.1) is 0 Å². The number of fused-ring (bicyclic) bond motifs is 1. The summed E-state index contributed by atoms with van der Waals surface area (Å²) in [6.07, 6.45) is 4.04. The third-order valence-electron chi connectivity index (χ3n) is 3.81. The van der Waals surface area contributed by atoms with Crippen molar-refractivity contribution in [1.82, 2.24) is 4.90 Å². The zero-order valence-corrected chi connectivity index (χ0v) is 10.2. The van der Waals surface area contributed by atoms with Crippen molar-refractivity contribution in [1.29, 1.82) is 0 Å². The molecule has 2 aliphatic rings. The van der Waals surface area contributed by atoms with Crippen molar-refractivity contribution >= 4 is 5.69 Å². The second-order valence-corrected chi connectivity index (χ2v) is 5.15. The van der Waals surface area contributed by atoms with Gasteiger partial charge in [-0.2, -0.15) is 0 Å². The molecule has 0 radical (unpaired) electrons. The van der Waals surface area contributed by atoms with Crippen LogP contribution in [0.15, 0.2) is 18.2 Å². The lowest BCUT2D eigenvalue weighted by atomic mass is 9.99. The fourth-order valence-corrected chi connectivity index (χ4v) is 2.87. The molecule has 3 nitrogen and oxygen atoms in total. The van der Waals surface area contributed by atoms with E-state index in [1.807, 2.05) is 6.07 Å². The molecule has 92 valence electrons. The minimum absolute atomic E-state index is 0.456. The van der Waals surface area contributed by atoms with E-state index in [0.717, 1.165) is 38.3 Å². The van der Waals surface area contributed by atoms with Crippen LogP contribution in [-0.4, -0.2) is 30.7 Å². The standard InChI is InChI=1S/C14H20N2O/c15-13-4-3-11-5-6-16(9-12(11)8-13)10-14-2-1-7-17-14/h3-4,8,14H,1-2,5-7,9-10,15H2. The number of anilines is 1. The Morgan fingerprint density at radius 1 is 1.35 bits per heavy atom. The van der Waals surface area contributed by atoms with Gasteiger partial charge in [0.05, 0.1) is 6.10 Å². The molecule has 1 fully saturated rings. The van der Waals surface area contributed by atoms with E-state index < -0.39 is 0 Å². The van der Waals surface area contributed by atoms with Crippen LogP contribution in [0.25, 0.3) is 0 Å². The van der Waals surface area contributed by atoms with Gasteiger partial charge >= 0.3 is 0 Å². The lowest BCUT2D eigenvalue weighted by Crippen LogP contribution is -2.36. The molecule has 1 atom stereocenters. The number of nitrogens with zero attached hydrogens (tertiary/aromatic N) is 1. The zero-order valence-electron chi connectivity index (χ0n) is 10.2. The number of rotatable bonds is 2. The highest BCUT2D eigenvalue weighted by Gasteiger charge is 2.22. The summed E-state index contributed by atoms with van der Waals surface area (Å²) in [6, 6.07) is 6.31. The van der Waals surface area contributed by atoms with Crippen molar-refractivity contribution in [3.63, 3.8) is 0 Å². The van der Waals surface area contributed by atoms with Crippen LogP contribution in [0.2, 0.25) is 0 Å². The number of hydrogen-bond acceptors (Lipinski definition) is 3. The van der Waals surface area contributed by atoms with Gasteiger partial charge in [-0.1, -0.05) is 6.07 Å². The van der Waals surface area contributed by atoms with Crippen LogP contribution in [0, 0.1) is 0 Å². The van der Waals surface area contributed by atoms with E-state index >= 15 is 0 Å².